The van der Waals surface area contributed by atoms with Crippen LogP contribution in [-0.2, 0) is 10.0 Å². The first-order valence-electron chi connectivity index (χ1n) is 7.22. The Bertz CT molecular complexity index is 656. The Morgan fingerprint density at radius 1 is 1.24 bits per heavy atom. The van der Waals surface area contributed by atoms with Crippen molar-refractivity contribution in [3.8, 4) is 6.07 Å². The van der Waals surface area contributed by atoms with E-state index in [0.29, 0.717) is 5.69 Å². The number of nitriles is 1. The topological polar surface area (TPSA) is 86.1 Å². The van der Waals surface area contributed by atoms with E-state index < -0.39 is 10.0 Å². The van der Waals surface area contributed by atoms with E-state index in [2.05, 4.69) is 14.6 Å². The highest BCUT2D eigenvalue weighted by atomic mass is 32.2. The highest BCUT2D eigenvalue weighted by molar-refractivity contribution is 7.90. The van der Waals surface area contributed by atoms with Crippen LogP contribution in [0.4, 0.5) is 5.82 Å². The molecule has 1 N–H and O–H groups in total. The minimum atomic E-state index is -3.11. The largest absolute Gasteiger partial charge is 0.356 e. The summed E-state index contributed by atoms with van der Waals surface area (Å²) in [6.45, 7) is 1.50. The van der Waals surface area contributed by atoms with Crippen LogP contribution in [0, 0.1) is 11.3 Å². The summed E-state index contributed by atoms with van der Waals surface area (Å²) in [6.07, 6.45) is 3.12. The minimum absolute atomic E-state index is 0.0194. The molecular formula is C14H18N4O2S. The van der Waals surface area contributed by atoms with Gasteiger partial charge >= 0.3 is 0 Å². The number of nitrogens with zero attached hydrogens (tertiary/aromatic N) is 3. The molecule has 2 aliphatic rings. The molecule has 0 amide bonds. The van der Waals surface area contributed by atoms with Crippen LogP contribution in [-0.4, -0.2) is 37.8 Å². The molecule has 2 fully saturated rings. The van der Waals surface area contributed by atoms with Gasteiger partial charge in [0.25, 0.3) is 0 Å². The van der Waals surface area contributed by atoms with Gasteiger partial charge in [0, 0.05) is 19.1 Å². The molecule has 0 bridgehead atoms. The van der Waals surface area contributed by atoms with Gasteiger partial charge in [-0.15, -0.1) is 0 Å². The van der Waals surface area contributed by atoms with Crippen molar-refractivity contribution in [1.82, 2.24) is 9.71 Å². The number of sulfonamides is 1. The summed E-state index contributed by atoms with van der Waals surface area (Å²) < 4.78 is 26.7. The third kappa shape index (κ3) is 3.34. The molecule has 1 aliphatic heterocycles. The Balaban J connectivity index is 1.58. The average Bonchev–Trinajstić information content (AvgIpc) is 3.33. The molecule has 1 aliphatic carbocycles. The molecule has 0 radical (unpaired) electrons. The summed E-state index contributed by atoms with van der Waals surface area (Å²) in [6, 6.07) is 7.44. The summed E-state index contributed by atoms with van der Waals surface area (Å²) in [7, 11) is -3.11. The fraction of sp³-hybridized carbons (Fsp3) is 0.571. The van der Waals surface area contributed by atoms with Crippen LogP contribution in [0.15, 0.2) is 18.2 Å². The molecule has 0 atom stereocenters. The van der Waals surface area contributed by atoms with Gasteiger partial charge in [0.2, 0.25) is 10.0 Å². The van der Waals surface area contributed by atoms with Gasteiger partial charge in [-0.25, -0.2) is 18.1 Å². The number of pyridine rings is 1. The van der Waals surface area contributed by atoms with Crippen molar-refractivity contribution in [3.63, 3.8) is 0 Å². The van der Waals surface area contributed by atoms with Crippen molar-refractivity contribution in [2.24, 2.45) is 0 Å². The van der Waals surface area contributed by atoms with Gasteiger partial charge in [-0.1, -0.05) is 6.07 Å². The Morgan fingerprint density at radius 3 is 2.57 bits per heavy atom. The van der Waals surface area contributed by atoms with Crippen LogP contribution in [0.2, 0.25) is 0 Å². The lowest BCUT2D eigenvalue weighted by atomic mass is 10.1. The first-order valence-corrected chi connectivity index (χ1v) is 8.76. The van der Waals surface area contributed by atoms with Gasteiger partial charge in [-0.05, 0) is 37.8 Å². The molecule has 1 saturated heterocycles. The van der Waals surface area contributed by atoms with Crippen LogP contribution < -0.4 is 9.62 Å². The Labute approximate surface area is 124 Å². The molecule has 21 heavy (non-hydrogen) atoms. The van der Waals surface area contributed by atoms with Crippen molar-refractivity contribution in [2.75, 3.05) is 18.0 Å². The van der Waals surface area contributed by atoms with Gasteiger partial charge in [0.05, 0.1) is 5.25 Å². The van der Waals surface area contributed by atoms with Crippen LogP contribution in [0.25, 0.3) is 0 Å². The van der Waals surface area contributed by atoms with Crippen LogP contribution >= 0.6 is 0 Å². The highest BCUT2D eigenvalue weighted by Crippen LogP contribution is 2.28. The van der Waals surface area contributed by atoms with E-state index in [1.165, 1.54) is 0 Å². The molecule has 3 rings (SSSR count). The van der Waals surface area contributed by atoms with Crippen molar-refractivity contribution in [3.05, 3.63) is 23.9 Å². The number of rotatable bonds is 4. The monoisotopic (exact) mass is 306 g/mol. The zero-order valence-electron chi connectivity index (χ0n) is 11.7. The summed E-state index contributed by atoms with van der Waals surface area (Å²) in [5.41, 5.74) is 0.407. The molecule has 2 heterocycles. The number of hydrogen-bond donors (Lipinski definition) is 1. The SMILES string of the molecule is N#Cc1cccc(N2CCC(NS(=O)(=O)C3CC3)CC2)n1. The van der Waals surface area contributed by atoms with E-state index in [4.69, 9.17) is 5.26 Å². The Morgan fingerprint density at radius 2 is 1.95 bits per heavy atom. The van der Waals surface area contributed by atoms with Crippen LogP contribution in [0.3, 0.4) is 0 Å². The first kappa shape index (κ1) is 14.3. The van der Waals surface area contributed by atoms with E-state index in [0.717, 1.165) is 44.6 Å². The quantitative estimate of drug-likeness (QED) is 0.897. The zero-order chi connectivity index (χ0) is 14.9. The standard InChI is InChI=1S/C14H18N4O2S/c15-10-12-2-1-3-14(16-12)18-8-6-11(7-9-18)17-21(19,20)13-4-5-13/h1-3,11,13,17H,4-9H2. The second kappa shape index (κ2) is 5.62. The molecule has 0 aromatic carbocycles. The third-order valence-corrected chi connectivity index (χ3v) is 5.97. The van der Waals surface area contributed by atoms with Gasteiger partial charge < -0.3 is 4.90 Å². The molecular weight excluding hydrogens is 288 g/mol. The molecule has 1 aromatic heterocycles. The Hall–Kier alpha value is -1.65. The molecule has 1 aromatic rings. The number of nitrogens with one attached hydrogen (secondary N) is 1. The third-order valence-electron chi connectivity index (χ3n) is 3.96. The molecule has 0 spiro atoms. The Kier molecular flexibility index (Phi) is 3.83. The van der Waals surface area contributed by atoms with Crippen molar-refractivity contribution >= 4 is 15.8 Å². The number of piperidine rings is 1. The van der Waals surface area contributed by atoms with Gasteiger partial charge in [-0.2, -0.15) is 5.26 Å². The van der Waals surface area contributed by atoms with Crippen LogP contribution in [0.1, 0.15) is 31.4 Å². The first-order chi connectivity index (χ1) is 10.1. The molecule has 7 heteroatoms. The predicted octanol–water partition coefficient (Wildman–Crippen LogP) is 1.00. The van der Waals surface area contributed by atoms with E-state index in [1.54, 1.807) is 6.07 Å². The second-order valence-corrected chi connectivity index (χ2v) is 7.61. The van der Waals surface area contributed by atoms with E-state index in [1.807, 2.05) is 18.2 Å². The maximum atomic E-state index is 11.9. The lowest BCUT2D eigenvalue weighted by Gasteiger charge is -2.33. The van der Waals surface area contributed by atoms with Crippen LogP contribution in [0.5, 0.6) is 0 Å². The van der Waals surface area contributed by atoms with Crippen molar-refractivity contribution in [2.45, 2.75) is 37.0 Å². The fourth-order valence-electron chi connectivity index (χ4n) is 2.59. The summed E-state index contributed by atoms with van der Waals surface area (Å²) in [4.78, 5) is 6.38. The minimum Gasteiger partial charge on any atom is -0.356 e. The number of aromatic nitrogens is 1. The maximum absolute atomic E-state index is 11.9. The smallest absolute Gasteiger partial charge is 0.214 e. The molecule has 0 unspecified atom stereocenters. The number of hydrogen-bond acceptors (Lipinski definition) is 5. The van der Waals surface area contributed by atoms with Gasteiger partial charge in [0.1, 0.15) is 17.6 Å². The molecule has 1 saturated carbocycles. The fourth-order valence-corrected chi connectivity index (χ4v) is 4.24. The summed E-state index contributed by atoms with van der Waals surface area (Å²) in [5, 5.41) is 8.72. The summed E-state index contributed by atoms with van der Waals surface area (Å²) >= 11 is 0. The van der Waals surface area contributed by atoms with E-state index in [-0.39, 0.29) is 11.3 Å². The lowest BCUT2D eigenvalue weighted by Crippen LogP contribution is -2.45. The molecule has 6 nitrogen and oxygen atoms in total. The summed E-state index contributed by atoms with van der Waals surface area (Å²) in [5.74, 6) is 0.789. The lowest BCUT2D eigenvalue weighted by molar-refractivity contribution is 0.458. The normalized spacial score (nSPS) is 20.2. The second-order valence-electron chi connectivity index (χ2n) is 5.62. The maximum Gasteiger partial charge on any atom is 0.214 e. The zero-order valence-corrected chi connectivity index (χ0v) is 12.5. The van der Waals surface area contributed by atoms with Gasteiger partial charge in [-0.3, -0.25) is 0 Å². The highest BCUT2D eigenvalue weighted by Gasteiger charge is 2.37. The average molecular weight is 306 g/mol. The van der Waals surface area contributed by atoms with Gasteiger partial charge in [0.15, 0.2) is 0 Å². The van der Waals surface area contributed by atoms with Crippen molar-refractivity contribution < 1.29 is 8.42 Å². The predicted molar refractivity (Wildman–Crippen MR) is 79.3 cm³/mol. The molecule has 112 valence electrons. The van der Waals surface area contributed by atoms with E-state index >= 15 is 0 Å². The number of anilines is 1. The van der Waals surface area contributed by atoms with E-state index in [9.17, 15) is 8.42 Å². The van der Waals surface area contributed by atoms with Crippen molar-refractivity contribution in [1.29, 1.82) is 5.26 Å².